The van der Waals surface area contributed by atoms with Crippen molar-refractivity contribution in [2.24, 2.45) is 5.92 Å². The maximum atomic E-state index is 6.20. The van der Waals surface area contributed by atoms with Gasteiger partial charge in [0, 0.05) is 12.1 Å². The van der Waals surface area contributed by atoms with Crippen LogP contribution in [0.15, 0.2) is 18.2 Å². The van der Waals surface area contributed by atoms with Crippen molar-refractivity contribution in [3.05, 3.63) is 29.3 Å². The second kappa shape index (κ2) is 4.69. The Morgan fingerprint density at radius 1 is 1.29 bits per heavy atom. The van der Waals surface area contributed by atoms with Crippen molar-refractivity contribution in [2.45, 2.75) is 45.3 Å². The van der Waals surface area contributed by atoms with Crippen LogP contribution in [0, 0.1) is 5.92 Å². The van der Waals surface area contributed by atoms with E-state index < -0.39 is 0 Å². The number of fused-ring (bicyclic) bond motifs is 1. The van der Waals surface area contributed by atoms with Gasteiger partial charge in [-0.3, -0.25) is 0 Å². The van der Waals surface area contributed by atoms with E-state index in [0.29, 0.717) is 6.10 Å². The lowest BCUT2D eigenvalue weighted by atomic mass is 10.0. The summed E-state index contributed by atoms with van der Waals surface area (Å²) in [5, 5.41) is 3.44. The molecule has 2 heteroatoms. The van der Waals surface area contributed by atoms with E-state index in [4.69, 9.17) is 4.74 Å². The zero-order valence-corrected chi connectivity index (χ0v) is 10.5. The highest BCUT2D eigenvalue weighted by molar-refractivity contribution is 5.41. The molecule has 0 bridgehead atoms. The lowest BCUT2D eigenvalue weighted by molar-refractivity contribution is 0.202. The van der Waals surface area contributed by atoms with Crippen molar-refractivity contribution in [3.63, 3.8) is 0 Å². The molecule has 1 saturated carbocycles. The third-order valence-corrected chi connectivity index (χ3v) is 4.04. The Morgan fingerprint density at radius 2 is 2.24 bits per heavy atom. The topological polar surface area (TPSA) is 21.3 Å². The summed E-state index contributed by atoms with van der Waals surface area (Å²) in [4.78, 5) is 0. The van der Waals surface area contributed by atoms with Gasteiger partial charge in [0.1, 0.15) is 5.75 Å². The molecule has 1 heterocycles. The third-order valence-electron chi connectivity index (χ3n) is 4.04. The first-order valence-electron chi connectivity index (χ1n) is 6.81. The standard InChI is InChI=1S/C15H21NO/c1-11-5-6-13(9-11)17-15-4-2-3-12-7-8-16-10-14(12)15/h2-4,11,13,16H,5-10H2,1H3. The minimum atomic E-state index is 0.443. The van der Waals surface area contributed by atoms with Gasteiger partial charge in [-0.1, -0.05) is 19.1 Å². The quantitative estimate of drug-likeness (QED) is 0.845. The summed E-state index contributed by atoms with van der Waals surface area (Å²) in [5.41, 5.74) is 2.85. The average Bonchev–Trinajstić information content (AvgIpc) is 2.75. The van der Waals surface area contributed by atoms with Crippen LogP contribution in [0.5, 0.6) is 5.75 Å². The first-order chi connectivity index (χ1) is 8.33. The maximum Gasteiger partial charge on any atom is 0.124 e. The summed E-state index contributed by atoms with van der Waals surface area (Å²) in [6, 6.07) is 6.51. The lowest BCUT2D eigenvalue weighted by Gasteiger charge is -2.22. The fourth-order valence-corrected chi connectivity index (χ4v) is 3.03. The Kier molecular flexibility index (Phi) is 3.06. The van der Waals surface area contributed by atoms with Crippen LogP contribution in [-0.4, -0.2) is 12.6 Å². The number of benzene rings is 1. The van der Waals surface area contributed by atoms with Crippen LogP contribution in [0.4, 0.5) is 0 Å². The largest absolute Gasteiger partial charge is 0.490 e. The molecule has 2 atom stereocenters. The Labute approximate surface area is 103 Å². The highest BCUT2D eigenvalue weighted by Crippen LogP contribution is 2.32. The molecule has 0 radical (unpaired) electrons. The molecule has 1 N–H and O–H groups in total. The van der Waals surface area contributed by atoms with Crippen LogP contribution in [0.25, 0.3) is 0 Å². The van der Waals surface area contributed by atoms with Gasteiger partial charge in [-0.25, -0.2) is 0 Å². The molecule has 1 aliphatic heterocycles. The van der Waals surface area contributed by atoms with Crippen LogP contribution >= 0.6 is 0 Å². The third kappa shape index (κ3) is 2.32. The van der Waals surface area contributed by atoms with Gasteiger partial charge in [-0.05, 0) is 49.8 Å². The van der Waals surface area contributed by atoms with E-state index in [9.17, 15) is 0 Å². The van der Waals surface area contributed by atoms with Crippen LogP contribution in [0.2, 0.25) is 0 Å². The van der Waals surface area contributed by atoms with Crippen molar-refractivity contribution in [1.29, 1.82) is 0 Å². The summed E-state index contributed by atoms with van der Waals surface area (Å²) in [6.07, 6.45) is 5.33. The first kappa shape index (κ1) is 11.1. The summed E-state index contributed by atoms with van der Waals surface area (Å²) >= 11 is 0. The van der Waals surface area contributed by atoms with Gasteiger partial charge in [0.25, 0.3) is 0 Å². The van der Waals surface area contributed by atoms with Gasteiger partial charge in [-0.15, -0.1) is 0 Å². The predicted octanol–water partition coefficient (Wildman–Crippen LogP) is 2.90. The lowest BCUT2D eigenvalue weighted by Crippen LogP contribution is -2.25. The number of nitrogens with one attached hydrogen (secondary N) is 1. The molecule has 1 fully saturated rings. The minimum Gasteiger partial charge on any atom is -0.490 e. The number of hydrogen-bond acceptors (Lipinski definition) is 2. The highest BCUT2D eigenvalue weighted by atomic mass is 16.5. The van der Waals surface area contributed by atoms with E-state index in [1.54, 1.807) is 0 Å². The van der Waals surface area contributed by atoms with Crippen molar-refractivity contribution in [1.82, 2.24) is 5.32 Å². The van der Waals surface area contributed by atoms with E-state index in [2.05, 4.69) is 30.4 Å². The van der Waals surface area contributed by atoms with Crippen LogP contribution in [0.3, 0.4) is 0 Å². The van der Waals surface area contributed by atoms with Gasteiger partial charge < -0.3 is 10.1 Å². The molecule has 2 unspecified atom stereocenters. The Hall–Kier alpha value is -1.02. The van der Waals surface area contributed by atoms with Crippen molar-refractivity contribution >= 4 is 0 Å². The van der Waals surface area contributed by atoms with Crippen molar-refractivity contribution in [2.75, 3.05) is 6.54 Å². The summed E-state index contributed by atoms with van der Waals surface area (Å²) in [6.45, 7) is 4.38. The van der Waals surface area contributed by atoms with Gasteiger partial charge in [0.15, 0.2) is 0 Å². The first-order valence-corrected chi connectivity index (χ1v) is 6.81. The molecule has 2 aliphatic rings. The predicted molar refractivity (Wildman–Crippen MR) is 69.3 cm³/mol. The summed E-state index contributed by atoms with van der Waals surface area (Å²) < 4.78 is 6.20. The van der Waals surface area contributed by atoms with Crippen molar-refractivity contribution < 1.29 is 4.74 Å². The maximum absolute atomic E-state index is 6.20. The molecule has 1 aromatic carbocycles. The molecule has 17 heavy (non-hydrogen) atoms. The molecular weight excluding hydrogens is 210 g/mol. The summed E-state index contributed by atoms with van der Waals surface area (Å²) in [5.74, 6) is 1.95. The van der Waals surface area contributed by atoms with Crippen LogP contribution in [-0.2, 0) is 13.0 Å². The van der Waals surface area contributed by atoms with Gasteiger partial charge in [0.2, 0.25) is 0 Å². The molecule has 1 aromatic rings. The number of ether oxygens (including phenoxy) is 1. The molecule has 0 aromatic heterocycles. The second-order valence-corrected chi connectivity index (χ2v) is 5.48. The average molecular weight is 231 g/mol. The smallest absolute Gasteiger partial charge is 0.124 e. The fourth-order valence-electron chi connectivity index (χ4n) is 3.03. The Balaban J connectivity index is 1.78. The monoisotopic (exact) mass is 231 g/mol. The number of hydrogen-bond donors (Lipinski definition) is 1. The molecule has 92 valence electrons. The van der Waals surface area contributed by atoms with Crippen molar-refractivity contribution in [3.8, 4) is 5.75 Å². The van der Waals surface area contributed by atoms with Gasteiger partial charge in [-0.2, -0.15) is 0 Å². The second-order valence-electron chi connectivity index (χ2n) is 5.48. The zero-order chi connectivity index (χ0) is 11.7. The van der Waals surface area contributed by atoms with Crippen LogP contribution in [0.1, 0.15) is 37.3 Å². The number of rotatable bonds is 2. The zero-order valence-electron chi connectivity index (χ0n) is 10.5. The van der Waals surface area contributed by atoms with E-state index in [-0.39, 0.29) is 0 Å². The molecule has 2 nitrogen and oxygen atoms in total. The fraction of sp³-hybridized carbons (Fsp3) is 0.600. The van der Waals surface area contributed by atoms with E-state index >= 15 is 0 Å². The highest BCUT2D eigenvalue weighted by Gasteiger charge is 2.24. The van der Waals surface area contributed by atoms with E-state index in [0.717, 1.165) is 31.2 Å². The molecule has 1 aliphatic carbocycles. The van der Waals surface area contributed by atoms with Crippen LogP contribution < -0.4 is 10.1 Å². The van der Waals surface area contributed by atoms with E-state index in [1.165, 1.54) is 30.4 Å². The van der Waals surface area contributed by atoms with E-state index in [1.807, 2.05) is 0 Å². The molecule has 3 rings (SSSR count). The molecule has 0 saturated heterocycles. The van der Waals surface area contributed by atoms with Gasteiger partial charge >= 0.3 is 0 Å². The minimum absolute atomic E-state index is 0.443. The Bertz CT molecular complexity index is 402. The normalized spacial score (nSPS) is 27.8. The SMILES string of the molecule is CC1CCC(Oc2cccc3c2CNCC3)C1. The van der Waals surface area contributed by atoms with Gasteiger partial charge in [0.05, 0.1) is 6.10 Å². The molecular formula is C15H21NO. The summed E-state index contributed by atoms with van der Waals surface area (Å²) in [7, 11) is 0. The Morgan fingerprint density at radius 3 is 3.06 bits per heavy atom. The molecule has 0 spiro atoms. The molecule has 0 amide bonds.